The van der Waals surface area contributed by atoms with Gasteiger partial charge in [0.1, 0.15) is 11.5 Å². The van der Waals surface area contributed by atoms with E-state index in [0.29, 0.717) is 50.3 Å². The van der Waals surface area contributed by atoms with Gasteiger partial charge in [0.15, 0.2) is 0 Å². The first-order valence-electron chi connectivity index (χ1n) is 11.3. The number of esters is 1. The van der Waals surface area contributed by atoms with E-state index in [4.69, 9.17) is 9.47 Å². The number of amides is 2. The standard InChI is InChI=1S/C26H33BrN2O5/c1-18(30)34-21-9-5-8-19(16-21)25(32)29-14-7-13-28-24(31)10-6-15-33-23-12-11-20(17-22(23)27)26(2,3)4/h5,8-9,11-12,16-17H,6-7,10,13-15H2,1-4H3,(H,28,31)(H,29,32). The van der Waals surface area contributed by atoms with E-state index in [0.717, 1.165) is 10.2 Å². The van der Waals surface area contributed by atoms with Crippen LogP contribution < -0.4 is 20.1 Å². The highest BCUT2D eigenvalue weighted by Crippen LogP contribution is 2.31. The highest BCUT2D eigenvalue weighted by molar-refractivity contribution is 9.10. The van der Waals surface area contributed by atoms with E-state index in [1.165, 1.54) is 18.6 Å². The molecule has 2 rings (SSSR count). The Morgan fingerprint density at radius 1 is 0.971 bits per heavy atom. The number of benzene rings is 2. The second kappa shape index (κ2) is 13.1. The summed E-state index contributed by atoms with van der Waals surface area (Å²) >= 11 is 3.55. The normalized spacial score (nSPS) is 11.0. The van der Waals surface area contributed by atoms with Crippen molar-refractivity contribution in [3.05, 3.63) is 58.1 Å². The second-order valence-corrected chi connectivity index (χ2v) is 9.78. The van der Waals surface area contributed by atoms with Crippen LogP contribution >= 0.6 is 15.9 Å². The maximum atomic E-state index is 12.2. The number of carbonyl (C=O) groups is 3. The van der Waals surface area contributed by atoms with Crippen molar-refractivity contribution < 1.29 is 23.9 Å². The minimum absolute atomic E-state index is 0.0499. The van der Waals surface area contributed by atoms with Crippen molar-refractivity contribution in [3.8, 4) is 11.5 Å². The summed E-state index contributed by atoms with van der Waals surface area (Å²) in [6.07, 6.45) is 1.58. The molecule has 0 heterocycles. The van der Waals surface area contributed by atoms with Gasteiger partial charge in [0, 0.05) is 32.0 Å². The Bertz CT molecular complexity index is 1000. The van der Waals surface area contributed by atoms with Crippen molar-refractivity contribution in [3.63, 3.8) is 0 Å². The van der Waals surface area contributed by atoms with Crippen molar-refractivity contribution >= 4 is 33.7 Å². The molecule has 8 heteroatoms. The van der Waals surface area contributed by atoms with Gasteiger partial charge in [0.25, 0.3) is 5.91 Å². The number of hydrogen-bond acceptors (Lipinski definition) is 5. The van der Waals surface area contributed by atoms with Gasteiger partial charge >= 0.3 is 5.97 Å². The van der Waals surface area contributed by atoms with Crippen LogP contribution in [0.3, 0.4) is 0 Å². The Hall–Kier alpha value is -2.87. The van der Waals surface area contributed by atoms with E-state index in [-0.39, 0.29) is 17.2 Å². The molecule has 34 heavy (non-hydrogen) atoms. The Labute approximate surface area is 209 Å². The maximum Gasteiger partial charge on any atom is 0.308 e. The quantitative estimate of drug-likeness (QED) is 0.247. The molecule has 2 aromatic carbocycles. The van der Waals surface area contributed by atoms with Gasteiger partial charge in [-0.25, -0.2) is 0 Å². The lowest BCUT2D eigenvalue weighted by Gasteiger charge is -2.20. The van der Waals surface area contributed by atoms with Gasteiger partial charge in [-0.1, -0.05) is 32.9 Å². The van der Waals surface area contributed by atoms with Gasteiger partial charge in [-0.3, -0.25) is 14.4 Å². The number of nitrogens with one attached hydrogen (secondary N) is 2. The molecule has 0 fully saturated rings. The smallest absolute Gasteiger partial charge is 0.308 e. The number of rotatable bonds is 11. The molecular formula is C26H33BrN2O5. The van der Waals surface area contributed by atoms with Gasteiger partial charge in [-0.15, -0.1) is 0 Å². The van der Waals surface area contributed by atoms with Gasteiger partial charge in [-0.2, -0.15) is 0 Å². The van der Waals surface area contributed by atoms with Crippen LogP contribution in [0, 0.1) is 0 Å². The summed E-state index contributed by atoms with van der Waals surface area (Å²) in [5.74, 6) is 0.334. The van der Waals surface area contributed by atoms with Gasteiger partial charge < -0.3 is 20.1 Å². The largest absolute Gasteiger partial charge is 0.492 e. The summed E-state index contributed by atoms with van der Waals surface area (Å²) in [5, 5.41) is 5.64. The van der Waals surface area contributed by atoms with E-state index in [2.05, 4.69) is 59.5 Å². The van der Waals surface area contributed by atoms with E-state index < -0.39 is 5.97 Å². The molecule has 0 aromatic heterocycles. The fraction of sp³-hybridized carbons (Fsp3) is 0.423. The maximum absolute atomic E-state index is 12.2. The van der Waals surface area contributed by atoms with Crippen molar-refractivity contribution in [1.29, 1.82) is 0 Å². The summed E-state index contributed by atoms with van der Waals surface area (Å²) < 4.78 is 11.7. The van der Waals surface area contributed by atoms with E-state index >= 15 is 0 Å². The van der Waals surface area contributed by atoms with Crippen LogP contribution in [0.4, 0.5) is 0 Å². The first-order chi connectivity index (χ1) is 16.1. The molecular weight excluding hydrogens is 500 g/mol. The number of carbonyl (C=O) groups excluding carboxylic acids is 3. The van der Waals surface area contributed by atoms with Crippen molar-refractivity contribution in [2.75, 3.05) is 19.7 Å². The molecule has 0 aliphatic rings. The lowest BCUT2D eigenvalue weighted by atomic mass is 9.87. The Morgan fingerprint density at radius 2 is 1.71 bits per heavy atom. The van der Waals surface area contributed by atoms with E-state index in [9.17, 15) is 14.4 Å². The predicted octanol–water partition coefficient (Wildman–Crippen LogP) is 4.77. The number of hydrogen-bond donors (Lipinski definition) is 2. The van der Waals surface area contributed by atoms with Crippen LogP contribution in [-0.4, -0.2) is 37.5 Å². The molecule has 0 saturated heterocycles. The molecule has 0 atom stereocenters. The van der Waals surface area contributed by atoms with Gasteiger partial charge in [0.05, 0.1) is 11.1 Å². The zero-order valence-corrected chi connectivity index (χ0v) is 21.8. The van der Waals surface area contributed by atoms with Crippen molar-refractivity contribution in [2.24, 2.45) is 0 Å². The average molecular weight is 533 g/mol. The Kier molecular flexibility index (Phi) is 10.6. The molecule has 0 unspecified atom stereocenters. The number of ether oxygens (including phenoxy) is 2. The molecule has 0 bridgehead atoms. The SMILES string of the molecule is CC(=O)Oc1cccc(C(=O)NCCCNC(=O)CCCOc2ccc(C(C)(C)C)cc2Br)c1. The summed E-state index contributed by atoms with van der Waals surface area (Å²) in [7, 11) is 0. The summed E-state index contributed by atoms with van der Waals surface area (Å²) in [6, 6.07) is 12.5. The van der Waals surface area contributed by atoms with Crippen LogP contribution in [0.5, 0.6) is 11.5 Å². The van der Waals surface area contributed by atoms with Crippen LogP contribution in [0.15, 0.2) is 46.9 Å². The first kappa shape index (κ1) is 27.4. The summed E-state index contributed by atoms with van der Waals surface area (Å²) in [6.45, 7) is 9.11. The third-order valence-electron chi connectivity index (χ3n) is 4.92. The van der Waals surface area contributed by atoms with Crippen LogP contribution in [0.1, 0.15) is 62.9 Å². The average Bonchev–Trinajstić information content (AvgIpc) is 2.76. The summed E-state index contributed by atoms with van der Waals surface area (Å²) in [5.41, 5.74) is 1.69. The topological polar surface area (TPSA) is 93.7 Å². The summed E-state index contributed by atoms with van der Waals surface area (Å²) in [4.78, 5) is 35.3. The molecule has 0 aliphatic carbocycles. The minimum Gasteiger partial charge on any atom is -0.492 e. The monoisotopic (exact) mass is 532 g/mol. The molecule has 0 aliphatic heterocycles. The molecule has 2 N–H and O–H groups in total. The lowest BCUT2D eigenvalue weighted by Crippen LogP contribution is -2.30. The third-order valence-corrected chi connectivity index (χ3v) is 5.54. The fourth-order valence-electron chi connectivity index (χ4n) is 3.07. The Balaban J connectivity index is 1.60. The molecule has 0 radical (unpaired) electrons. The third kappa shape index (κ3) is 9.55. The molecule has 7 nitrogen and oxygen atoms in total. The van der Waals surface area contributed by atoms with E-state index in [1.807, 2.05) is 6.07 Å². The van der Waals surface area contributed by atoms with Gasteiger partial charge in [0.2, 0.25) is 5.91 Å². The van der Waals surface area contributed by atoms with Gasteiger partial charge in [-0.05, 0) is 70.1 Å². The molecule has 0 spiro atoms. The molecule has 2 amide bonds. The minimum atomic E-state index is -0.442. The molecule has 0 saturated carbocycles. The van der Waals surface area contributed by atoms with Crippen molar-refractivity contribution in [2.45, 2.75) is 52.4 Å². The highest BCUT2D eigenvalue weighted by Gasteiger charge is 2.15. The lowest BCUT2D eigenvalue weighted by molar-refractivity contribution is -0.131. The molecule has 184 valence electrons. The second-order valence-electron chi connectivity index (χ2n) is 8.93. The van der Waals surface area contributed by atoms with E-state index in [1.54, 1.807) is 18.2 Å². The number of halogens is 1. The fourth-order valence-corrected chi connectivity index (χ4v) is 3.57. The van der Waals surface area contributed by atoms with Crippen molar-refractivity contribution in [1.82, 2.24) is 10.6 Å². The Morgan fingerprint density at radius 3 is 2.38 bits per heavy atom. The van der Waals surface area contributed by atoms with Crippen LogP contribution in [0.25, 0.3) is 0 Å². The molecule has 2 aromatic rings. The predicted molar refractivity (Wildman–Crippen MR) is 135 cm³/mol. The first-order valence-corrected chi connectivity index (χ1v) is 12.1. The zero-order chi connectivity index (χ0) is 25.1. The zero-order valence-electron chi connectivity index (χ0n) is 20.2. The van der Waals surface area contributed by atoms with Crippen LogP contribution in [-0.2, 0) is 15.0 Å². The van der Waals surface area contributed by atoms with Crippen LogP contribution in [0.2, 0.25) is 0 Å². The highest BCUT2D eigenvalue weighted by atomic mass is 79.9.